The average Bonchev–Trinajstić information content (AvgIpc) is 2.00. The Morgan fingerprint density at radius 3 is 2.36 bits per heavy atom. The maximum Gasteiger partial charge on any atom is 0.301 e. The third-order valence-corrected chi connectivity index (χ3v) is 2.56. The molecule has 1 aliphatic heterocycles. The van der Waals surface area contributed by atoms with Gasteiger partial charge in [0.05, 0.1) is 0 Å². The Labute approximate surface area is 85.1 Å². The molecule has 1 saturated heterocycles. The van der Waals surface area contributed by atoms with Crippen LogP contribution >= 0.6 is 0 Å². The molecule has 0 aromatic rings. The van der Waals surface area contributed by atoms with Gasteiger partial charge in [-0.05, 0) is 20.8 Å². The summed E-state index contributed by atoms with van der Waals surface area (Å²) in [5.74, 6) is 0. The second-order valence-corrected chi connectivity index (χ2v) is 4.48. The number of hydrogen-bond donors (Lipinski definition) is 1. The molecule has 3 unspecified atom stereocenters. The topological polar surface area (TPSA) is 46.5 Å². The Balaban J connectivity index is 2.71. The van der Waals surface area contributed by atoms with Crippen LogP contribution in [0.5, 0.6) is 0 Å². The summed E-state index contributed by atoms with van der Waals surface area (Å²) in [5, 5.41) is 9.36. The van der Waals surface area contributed by atoms with Gasteiger partial charge in [-0.2, -0.15) is 0 Å². The molecule has 1 heterocycles. The van der Waals surface area contributed by atoms with Crippen molar-refractivity contribution in [1.29, 1.82) is 0 Å². The fourth-order valence-corrected chi connectivity index (χ4v) is 2.39. The molecule has 82 valence electrons. The molecule has 0 spiro atoms. The normalized spacial score (nSPS) is 40.6. The second kappa shape index (κ2) is 4.38. The predicted octanol–water partition coefficient (Wildman–Crippen LogP) is 0.148. The lowest BCUT2D eigenvalue weighted by Gasteiger charge is -2.41. The number of quaternary nitrogens is 1. The highest BCUT2D eigenvalue weighted by atomic mass is 16.5. The second-order valence-electron chi connectivity index (χ2n) is 4.48. The lowest BCUT2D eigenvalue weighted by Crippen LogP contribution is -2.61. The van der Waals surface area contributed by atoms with E-state index in [0.717, 1.165) is 6.41 Å². The maximum absolute atomic E-state index is 11.1. The Bertz CT molecular complexity index is 190. The quantitative estimate of drug-likeness (QED) is 0.523. The van der Waals surface area contributed by atoms with Crippen molar-refractivity contribution in [3.05, 3.63) is 0 Å². The summed E-state index contributed by atoms with van der Waals surface area (Å²) >= 11 is 0. The van der Waals surface area contributed by atoms with Gasteiger partial charge in [0.25, 0.3) is 0 Å². The van der Waals surface area contributed by atoms with E-state index in [-0.39, 0.29) is 12.2 Å². The first-order valence-electron chi connectivity index (χ1n) is 5.13. The van der Waals surface area contributed by atoms with E-state index in [2.05, 4.69) is 0 Å². The predicted molar refractivity (Wildman–Crippen MR) is 52.6 cm³/mol. The zero-order valence-corrected chi connectivity index (χ0v) is 9.14. The molecule has 0 aromatic carbocycles. The van der Waals surface area contributed by atoms with Gasteiger partial charge in [-0.25, -0.2) is 4.79 Å². The molecule has 1 N–H and O–H groups in total. The Morgan fingerprint density at radius 2 is 2.00 bits per heavy atom. The van der Waals surface area contributed by atoms with Gasteiger partial charge in [0.2, 0.25) is 0 Å². The van der Waals surface area contributed by atoms with Crippen LogP contribution in [-0.4, -0.2) is 53.9 Å². The first kappa shape index (κ1) is 11.6. The first-order valence-corrected chi connectivity index (χ1v) is 5.13. The van der Waals surface area contributed by atoms with Crippen molar-refractivity contribution in [2.45, 2.75) is 39.1 Å². The maximum atomic E-state index is 11.1. The molecule has 4 nitrogen and oxygen atoms in total. The highest BCUT2D eigenvalue weighted by Crippen LogP contribution is 2.18. The van der Waals surface area contributed by atoms with Gasteiger partial charge in [-0.3, -0.25) is 4.48 Å². The first-order chi connectivity index (χ1) is 6.47. The zero-order valence-electron chi connectivity index (χ0n) is 9.14. The number of aliphatic hydroxyl groups is 1. The van der Waals surface area contributed by atoms with Gasteiger partial charge in [0.15, 0.2) is 0 Å². The number of aliphatic hydroxyl groups excluding tert-OH is 1. The SMILES string of the molecule is CC(O)C[N+]1(C=O)CC(C)OC(C)C1. The molecule has 4 heteroatoms. The van der Waals surface area contributed by atoms with E-state index < -0.39 is 6.10 Å². The smallest absolute Gasteiger partial charge is 0.301 e. The minimum Gasteiger partial charge on any atom is -0.388 e. The number of ether oxygens (including phenoxy) is 1. The summed E-state index contributed by atoms with van der Waals surface area (Å²) < 4.78 is 5.89. The van der Waals surface area contributed by atoms with Crippen molar-refractivity contribution in [2.24, 2.45) is 0 Å². The number of morpholine rings is 1. The van der Waals surface area contributed by atoms with Crippen LogP contribution in [0.15, 0.2) is 0 Å². The highest BCUT2D eigenvalue weighted by molar-refractivity contribution is 5.37. The number of amides is 1. The highest BCUT2D eigenvalue weighted by Gasteiger charge is 2.38. The molecule has 1 aliphatic rings. The van der Waals surface area contributed by atoms with Gasteiger partial charge >= 0.3 is 6.41 Å². The van der Waals surface area contributed by atoms with Gasteiger partial charge in [-0.15, -0.1) is 0 Å². The van der Waals surface area contributed by atoms with Crippen LogP contribution in [0.3, 0.4) is 0 Å². The lowest BCUT2D eigenvalue weighted by atomic mass is 10.1. The van der Waals surface area contributed by atoms with Crippen LogP contribution in [-0.2, 0) is 9.53 Å². The van der Waals surface area contributed by atoms with Crippen LogP contribution in [0.1, 0.15) is 20.8 Å². The Kier molecular flexibility index (Phi) is 3.64. The lowest BCUT2D eigenvalue weighted by molar-refractivity contribution is -0.865. The van der Waals surface area contributed by atoms with Crippen LogP contribution in [0.25, 0.3) is 0 Å². The Morgan fingerprint density at radius 1 is 1.50 bits per heavy atom. The van der Waals surface area contributed by atoms with E-state index in [1.54, 1.807) is 6.92 Å². The third-order valence-electron chi connectivity index (χ3n) is 2.56. The van der Waals surface area contributed by atoms with Crippen molar-refractivity contribution in [2.75, 3.05) is 19.6 Å². The fourth-order valence-electron chi connectivity index (χ4n) is 2.39. The number of hydrogen-bond acceptors (Lipinski definition) is 3. The summed E-state index contributed by atoms with van der Waals surface area (Å²) in [5.41, 5.74) is 0. The molecule has 0 aromatic heterocycles. The molecule has 1 amide bonds. The van der Waals surface area contributed by atoms with Gasteiger partial charge < -0.3 is 9.84 Å². The van der Waals surface area contributed by atoms with Gasteiger partial charge in [0.1, 0.15) is 37.9 Å². The molecule has 3 atom stereocenters. The fraction of sp³-hybridized carbons (Fsp3) is 0.900. The van der Waals surface area contributed by atoms with Crippen LogP contribution in [0.2, 0.25) is 0 Å². The molecular formula is C10H20NO3+. The minimum atomic E-state index is -0.447. The summed E-state index contributed by atoms with van der Waals surface area (Å²) in [6, 6.07) is 0. The molecule has 1 fully saturated rings. The average molecular weight is 202 g/mol. The molecule has 0 bridgehead atoms. The molecule has 0 aliphatic carbocycles. The molecule has 14 heavy (non-hydrogen) atoms. The van der Waals surface area contributed by atoms with E-state index >= 15 is 0 Å². The number of carbonyl (C=O) groups excluding carboxylic acids is 1. The number of nitrogens with zero attached hydrogens (tertiary/aromatic N) is 1. The molecule has 0 radical (unpaired) electrons. The minimum absolute atomic E-state index is 0.0858. The van der Waals surface area contributed by atoms with E-state index in [4.69, 9.17) is 4.74 Å². The zero-order chi connectivity index (χ0) is 10.8. The van der Waals surface area contributed by atoms with E-state index in [1.165, 1.54) is 0 Å². The van der Waals surface area contributed by atoms with Crippen LogP contribution < -0.4 is 0 Å². The molecular weight excluding hydrogens is 182 g/mol. The van der Waals surface area contributed by atoms with Crippen molar-refractivity contribution < 1.29 is 19.1 Å². The van der Waals surface area contributed by atoms with Crippen LogP contribution in [0, 0.1) is 0 Å². The standard InChI is InChI=1S/C10H20NO3/c1-8(13)4-11(7-12)5-9(2)14-10(3)6-11/h7-10,13H,4-6H2,1-3H3/q+1. The third kappa shape index (κ3) is 2.77. The van der Waals surface area contributed by atoms with Gasteiger partial charge in [0, 0.05) is 0 Å². The summed E-state index contributed by atoms with van der Waals surface area (Å²) in [7, 11) is 0. The molecule has 1 rings (SSSR count). The monoisotopic (exact) mass is 202 g/mol. The van der Waals surface area contributed by atoms with Crippen molar-refractivity contribution >= 4 is 6.41 Å². The van der Waals surface area contributed by atoms with E-state index in [9.17, 15) is 9.90 Å². The number of rotatable bonds is 3. The summed E-state index contributed by atoms with van der Waals surface area (Å²) in [4.78, 5) is 11.1. The number of carbonyl (C=O) groups is 1. The van der Waals surface area contributed by atoms with Crippen molar-refractivity contribution in [3.8, 4) is 0 Å². The van der Waals surface area contributed by atoms with Gasteiger partial charge in [-0.1, -0.05) is 0 Å². The largest absolute Gasteiger partial charge is 0.388 e. The van der Waals surface area contributed by atoms with Crippen molar-refractivity contribution in [3.63, 3.8) is 0 Å². The van der Waals surface area contributed by atoms with E-state index in [1.807, 2.05) is 13.8 Å². The van der Waals surface area contributed by atoms with E-state index in [0.29, 0.717) is 24.1 Å². The summed E-state index contributed by atoms with van der Waals surface area (Å²) in [6.45, 7) is 7.47. The van der Waals surface area contributed by atoms with Crippen LogP contribution in [0.4, 0.5) is 0 Å². The van der Waals surface area contributed by atoms with Crippen molar-refractivity contribution in [1.82, 2.24) is 0 Å². The molecule has 0 saturated carbocycles. The Hall–Kier alpha value is -0.450. The summed E-state index contributed by atoms with van der Waals surface area (Å²) in [6.07, 6.45) is 0.672.